The Morgan fingerprint density at radius 2 is 1.20 bits per heavy atom. The molecule has 4 aromatic rings. The normalized spacial score (nSPS) is 20.8. The number of rotatable bonds is 8. The number of nitrogens with one attached hydrogen (secondary N) is 5. The van der Waals surface area contributed by atoms with E-state index >= 15 is 0 Å². The number of hydrogen-bond donors (Lipinski definition) is 5. The molecule has 2 fully saturated rings. The van der Waals surface area contributed by atoms with Gasteiger partial charge in [-0.2, -0.15) is 0 Å². The van der Waals surface area contributed by atoms with Crippen LogP contribution in [0.1, 0.15) is 71.1 Å². The van der Waals surface area contributed by atoms with E-state index in [-0.39, 0.29) is 45.7 Å². The third kappa shape index (κ3) is 7.79. The molecule has 0 radical (unpaired) electrons. The fraction of sp³-hybridized carbons (Fsp3) is 0.444. The summed E-state index contributed by atoms with van der Waals surface area (Å²) in [4.78, 5) is 53.5. The summed E-state index contributed by atoms with van der Waals surface area (Å²) in [6, 6.07) is 3.69. The van der Waals surface area contributed by atoms with E-state index in [2.05, 4.69) is 33.2 Å². The Balaban J connectivity index is 1.01. The lowest BCUT2D eigenvalue weighted by atomic mass is 9.84. The molecule has 0 spiro atoms. The molecule has 0 bridgehead atoms. The van der Waals surface area contributed by atoms with E-state index in [0.717, 1.165) is 69.2 Å². The quantitative estimate of drug-likeness (QED) is 0.108. The highest BCUT2D eigenvalue weighted by atomic mass is 19.2. The third-order valence-corrected chi connectivity index (χ3v) is 10.3. The number of H-pyrrole nitrogens is 1. The molecule has 2 aromatic carbocycles. The van der Waals surface area contributed by atoms with Crippen molar-refractivity contribution in [2.24, 2.45) is 11.8 Å². The van der Waals surface area contributed by atoms with Gasteiger partial charge in [-0.1, -0.05) is 13.3 Å². The Bertz CT molecular complexity index is 1920. The number of aromatic amines is 1. The molecule has 6 rings (SSSR count). The Kier molecular flexibility index (Phi) is 10.4. The van der Waals surface area contributed by atoms with E-state index in [4.69, 9.17) is 0 Å². The lowest BCUT2D eigenvalue weighted by Gasteiger charge is -2.29. The lowest BCUT2D eigenvalue weighted by Crippen LogP contribution is -2.43. The first-order valence-corrected chi connectivity index (χ1v) is 17.2. The molecule has 10 nitrogen and oxygen atoms in total. The number of hydrogen-bond acceptors (Lipinski definition) is 4. The molecule has 2 aromatic heterocycles. The van der Waals surface area contributed by atoms with Crippen LogP contribution in [0.25, 0.3) is 21.8 Å². The van der Waals surface area contributed by atoms with Gasteiger partial charge < -0.3 is 30.8 Å². The van der Waals surface area contributed by atoms with E-state index in [0.29, 0.717) is 37.2 Å². The zero-order chi connectivity index (χ0) is 35.5. The Labute approximate surface area is 285 Å². The summed E-state index contributed by atoms with van der Waals surface area (Å²) in [6.07, 6.45) is 11.0. The van der Waals surface area contributed by atoms with E-state index in [1.54, 1.807) is 10.8 Å². The van der Waals surface area contributed by atoms with Crippen LogP contribution in [0.4, 0.5) is 28.9 Å². The van der Waals surface area contributed by atoms with Gasteiger partial charge in [0.25, 0.3) is 0 Å². The maximum atomic E-state index is 14.3. The molecule has 2 aliphatic rings. The number of fused-ring (bicyclic) bond motifs is 2. The molecule has 2 saturated carbocycles. The second-order valence-corrected chi connectivity index (χ2v) is 13.5. The first-order valence-electron chi connectivity index (χ1n) is 17.2. The zero-order valence-electron chi connectivity index (χ0n) is 27.6. The SMILES string of the molecule is CCC1CCC(NC(=O)C(=O)Nc2cn(CCC3CCC(NC(=O)C(=O)Nc4c[nH]c5cc(F)c(F)cc45)CC3)c3cc(F)c(F)cc23)CC1. The van der Waals surface area contributed by atoms with Crippen LogP contribution in [0.3, 0.4) is 0 Å². The Hall–Kier alpha value is -4.88. The van der Waals surface area contributed by atoms with Crippen LogP contribution in [0.2, 0.25) is 0 Å². The van der Waals surface area contributed by atoms with Crippen molar-refractivity contribution in [3.05, 3.63) is 59.9 Å². The molecule has 0 aliphatic heterocycles. The molecule has 50 heavy (non-hydrogen) atoms. The second kappa shape index (κ2) is 14.9. The van der Waals surface area contributed by atoms with Crippen molar-refractivity contribution in [1.29, 1.82) is 0 Å². The van der Waals surface area contributed by atoms with Crippen LogP contribution in [0.5, 0.6) is 0 Å². The maximum Gasteiger partial charge on any atom is 0.313 e. The number of nitrogens with zero attached hydrogens (tertiary/aromatic N) is 1. The highest BCUT2D eigenvalue weighted by molar-refractivity contribution is 6.40. The molecule has 0 saturated heterocycles. The van der Waals surface area contributed by atoms with Crippen LogP contribution in [-0.2, 0) is 25.7 Å². The van der Waals surface area contributed by atoms with Crippen molar-refractivity contribution in [3.63, 3.8) is 0 Å². The first-order chi connectivity index (χ1) is 24.0. The number of amides is 4. The molecule has 14 heteroatoms. The molecule has 0 atom stereocenters. The number of carbonyl (C=O) groups is 4. The molecule has 0 unspecified atom stereocenters. The minimum absolute atomic E-state index is 0.0740. The van der Waals surface area contributed by atoms with E-state index in [9.17, 15) is 36.7 Å². The van der Waals surface area contributed by atoms with Crippen LogP contribution >= 0.6 is 0 Å². The van der Waals surface area contributed by atoms with E-state index in [1.165, 1.54) is 6.20 Å². The minimum Gasteiger partial charge on any atom is -0.359 e. The number of anilines is 2. The second-order valence-electron chi connectivity index (χ2n) is 13.5. The molecular weight excluding hydrogens is 656 g/mol. The van der Waals surface area contributed by atoms with Gasteiger partial charge in [0.05, 0.1) is 22.4 Å². The van der Waals surface area contributed by atoms with Gasteiger partial charge in [-0.15, -0.1) is 0 Å². The summed E-state index contributed by atoms with van der Waals surface area (Å²) in [6.45, 7) is 2.58. The van der Waals surface area contributed by atoms with Crippen molar-refractivity contribution in [2.75, 3.05) is 10.6 Å². The summed E-state index contributed by atoms with van der Waals surface area (Å²) in [5.74, 6) is -6.74. The standard InChI is InChI=1S/C36H40F4N6O4/c1-2-19-3-7-21(8-4-19)42-34(48)36(50)45-31-18-46(32-16-28(40)26(38)14-24(31)32)12-11-20-5-9-22(10-6-20)43-33(47)35(49)44-30-17-41-29-15-27(39)25(37)13-23(29)30/h13-22,41H,2-12H2,1H3,(H,42,48)(H,43,47)(H,44,49)(H,45,50). The monoisotopic (exact) mass is 696 g/mol. The highest BCUT2D eigenvalue weighted by Crippen LogP contribution is 2.32. The van der Waals surface area contributed by atoms with Crippen molar-refractivity contribution in [1.82, 2.24) is 20.2 Å². The molecule has 2 heterocycles. The van der Waals surface area contributed by atoms with E-state index in [1.807, 2.05) is 0 Å². The van der Waals surface area contributed by atoms with Crippen molar-refractivity contribution >= 4 is 56.8 Å². The first kappa shape index (κ1) is 35.0. The number of carbonyl (C=O) groups excluding carboxylic acids is 4. The fourth-order valence-corrected chi connectivity index (χ4v) is 7.28. The van der Waals surface area contributed by atoms with Crippen LogP contribution in [-0.4, -0.2) is 45.3 Å². The Morgan fingerprint density at radius 1 is 0.680 bits per heavy atom. The van der Waals surface area contributed by atoms with Crippen LogP contribution in [0, 0.1) is 35.1 Å². The maximum absolute atomic E-state index is 14.3. The molecule has 266 valence electrons. The predicted octanol–water partition coefficient (Wildman–Crippen LogP) is 6.41. The predicted molar refractivity (Wildman–Crippen MR) is 180 cm³/mol. The van der Waals surface area contributed by atoms with Crippen LogP contribution < -0.4 is 21.3 Å². The van der Waals surface area contributed by atoms with Gasteiger partial charge >= 0.3 is 23.6 Å². The van der Waals surface area contributed by atoms with Gasteiger partial charge in [0.2, 0.25) is 0 Å². The number of benzene rings is 2. The molecule has 2 aliphatic carbocycles. The van der Waals surface area contributed by atoms with Gasteiger partial charge in [0.1, 0.15) is 0 Å². The van der Waals surface area contributed by atoms with Gasteiger partial charge in [-0.25, -0.2) is 17.6 Å². The topological polar surface area (TPSA) is 137 Å². The average Bonchev–Trinajstić information content (AvgIpc) is 3.64. The summed E-state index contributed by atoms with van der Waals surface area (Å²) in [7, 11) is 0. The van der Waals surface area contributed by atoms with Gasteiger partial charge in [0.15, 0.2) is 23.3 Å². The van der Waals surface area contributed by atoms with E-state index < -0.39 is 46.9 Å². The largest absolute Gasteiger partial charge is 0.359 e. The molecule has 4 amide bonds. The summed E-state index contributed by atoms with van der Waals surface area (Å²) < 4.78 is 57.5. The lowest BCUT2D eigenvalue weighted by molar-refractivity contribution is -0.136. The summed E-state index contributed by atoms with van der Waals surface area (Å²) in [5.41, 5.74) is 1.01. The smallest absolute Gasteiger partial charge is 0.313 e. The van der Waals surface area contributed by atoms with Crippen molar-refractivity contribution in [3.8, 4) is 0 Å². The molecule has 5 N–H and O–H groups in total. The number of aryl methyl sites for hydroxylation is 1. The third-order valence-electron chi connectivity index (χ3n) is 10.3. The van der Waals surface area contributed by atoms with Crippen LogP contribution in [0.15, 0.2) is 36.7 Å². The average molecular weight is 697 g/mol. The van der Waals surface area contributed by atoms with Gasteiger partial charge in [0, 0.05) is 53.9 Å². The van der Waals surface area contributed by atoms with Crippen molar-refractivity contribution < 1.29 is 36.7 Å². The number of halogens is 4. The molecular formula is C36H40F4N6O4. The zero-order valence-corrected chi connectivity index (χ0v) is 27.6. The van der Waals surface area contributed by atoms with Gasteiger partial charge in [-0.3, -0.25) is 19.2 Å². The Morgan fingerprint density at radius 3 is 1.80 bits per heavy atom. The van der Waals surface area contributed by atoms with Gasteiger partial charge in [-0.05, 0) is 81.8 Å². The van der Waals surface area contributed by atoms with Crippen molar-refractivity contribution in [2.45, 2.75) is 89.8 Å². The summed E-state index contributed by atoms with van der Waals surface area (Å²) >= 11 is 0. The highest BCUT2D eigenvalue weighted by Gasteiger charge is 2.27. The fourth-order valence-electron chi connectivity index (χ4n) is 7.28. The minimum atomic E-state index is -1.08. The summed E-state index contributed by atoms with van der Waals surface area (Å²) in [5, 5.41) is 11.1. The number of aromatic nitrogens is 2.